The summed E-state index contributed by atoms with van der Waals surface area (Å²) in [5.74, 6) is -0.513. The van der Waals surface area contributed by atoms with Crippen LogP contribution in [0, 0.1) is 6.92 Å². The summed E-state index contributed by atoms with van der Waals surface area (Å²) >= 11 is 5.79. The molecule has 1 heterocycles. The summed E-state index contributed by atoms with van der Waals surface area (Å²) in [5, 5.41) is 3.69. The van der Waals surface area contributed by atoms with Crippen LogP contribution in [0.5, 0.6) is 0 Å². The van der Waals surface area contributed by atoms with Crippen LogP contribution in [-0.2, 0) is 0 Å². The lowest BCUT2D eigenvalue weighted by molar-refractivity contribution is 0.0997. The van der Waals surface area contributed by atoms with Crippen LogP contribution < -0.4 is 10.7 Å². The minimum absolute atomic E-state index is 0.0296. The molecule has 1 aromatic heterocycles. The van der Waals surface area contributed by atoms with Gasteiger partial charge in [-0.3, -0.25) is 9.59 Å². The fraction of sp³-hybridized carbons (Fsp3) is 0.0588. The molecule has 3 aromatic rings. The fourth-order valence-corrected chi connectivity index (χ4v) is 2.23. The van der Waals surface area contributed by atoms with E-state index < -0.39 is 5.91 Å². The Labute approximate surface area is 131 Å². The number of carbonyl (C=O) groups excluding carboxylic acids is 1. The van der Waals surface area contributed by atoms with Gasteiger partial charge in [-0.05, 0) is 48.9 Å². The van der Waals surface area contributed by atoms with Crippen LogP contribution in [-0.4, -0.2) is 5.91 Å². The second-order valence-electron chi connectivity index (χ2n) is 4.94. The molecule has 0 bridgehead atoms. The van der Waals surface area contributed by atoms with Crippen LogP contribution >= 0.6 is 11.6 Å². The summed E-state index contributed by atoms with van der Waals surface area (Å²) in [5.41, 5.74) is 1.67. The first-order valence-corrected chi connectivity index (χ1v) is 7.02. The minimum atomic E-state index is -0.483. The number of hydrogen-bond acceptors (Lipinski definition) is 3. The molecule has 0 spiro atoms. The quantitative estimate of drug-likeness (QED) is 0.777. The standard InChI is InChI=1S/C17H12ClNO3/c1-10-2-7-13-14(20)9-16(22-15(13)8-10)17(21)19-12-5-3-11(18)4-6-12/h2-9H,1H3,(H,19,21). The van der Waals surface area contributed by atoms with Gasteiger partial charge in [0.25, 0.3) is 5.91 Å². The Morgan fingerprint density at radius 2 is 1.82 bits per heavy atom. The predicted octanol–water partition coefficient (Wildman–Crippen LogP) is 4.01. The number of halogens is 1. The third-order valence-corrected chi connectivity index (χ3v) is 3.46. The molecule has 0 saturated heterocycles. The maximum Gasteiger partial charge on any atom is 0.291 e. The number of amides is 1. The van der Waals surface area contributed by atoms with E-state index in [2.05, 4.69) is 5.32 Å². The molecule has 2 aromatic carbocycles. The molecule has 0 radical (unpaired) electrons. The molecule has 0 fully saturated rings. The first-order chi connectivity index (χ1) is 10.5. The van der Waals surface area contributed by atoms with E-state index in [9.17, 15) is 9.59 Å². The van der Waals surface area contributed by atoms with E-state index in [4.69, 9.17) is 16.0 Å². The molecule has 5 heteroatoms. The number of rotatable bonds is 2. The number of aryl methyl sites for hydroxylation is 1. The molecular formula is C17H12ClNO3. The molecule has 3 rings (SSSR count). The van der Waals surface area contributed by atoms with Gasteiger partial charge in [0.15, 0.2) is 11.2 Å². The lowest BCUT2D eigenvalue weighted by Crippen LogP contribution is -2.14. The second kappa shape index (κ2) is 5.66. The summed E-state index contributed by atoms with van der Waals surface area (Å²) in [4.78, 5) is 24.3. The molecule has 22 heavy (non-hydrogen) atoms. The van der Waals surface area contributed by atoms with Crippen molar-refractivity contribution in [3.8, 4) is 0 Å². The van der Waals surface area contributed by atoms with Crippen molar-refractivity contribution in [3.63, 3.8) is 0 Å². The van der Waals surface area contributed by atoms with E-state index in [0.717, 1.165) is 5.56 Å². The highest BCUT2D eigenvalue weighted by atomic mass is 35.5. The van der Waals surface area contributed by atoms with Crippen molar-refractivity contribution in [2.45, 2.75) is 6.92 Å². The molecule has 0 unspecified atom stereocenters. The molecule has 0 aliphatic rings. The van der Waals surface area contributed by atoms with Gasteiger partial charge in [-0.2, -0.15) is 0 Å². The Hall–Kier alpha value is -2.59. The van der Waals surface area contributed by atoms with E-state index in [0.29, 0.717) is 21.7 Å². The first kappa shape index (κ1) is 14.4. The van der Waals surface area contributed by atoms with Gasteiger partial charge < -0.3 is 9.73 Å². The van der Waals surface area contributed by atoms with Gasteiger partial charge in [-0.15, -0.1) is 0 Å². The van der Waals surface area contributed by atoms with Crippen molar-refractivity contribution in [2.24, 2.45) is 0 Å². The average Bonchev–Trinajstić information content (AvgIpc) is 2.49. The van der Waals surface area contributed by atoms with Crippen LogP contribution in [0.2, 0.25) is 5.02 Å². The van der Waals surface area contributed by atoms with Gasteiger partial charge in [0.2, 0.25) is 0 Å². The summed E-state index contributed by atoms with van der Waals surface area (Å²) in [6.45, 7) is 1.89. The van der Waals surface area contributed by atoms with E-state index in [-0.39, 0.29) is 11.2 Å². The Kier molecular flexibility index (Phi) is 3.69. The highest BCUT2D eigenvalue weighted by Crippen LogP contribution is 2.17. The first-order valence-electron chi connectivity index (χ1n) is 6.64. The van der Waals surface area contributed by atoms with Gasteiger partial charge in [0.1, 0.15) is 5.58 Å². The molecule has 0 aliphatic carbocycles. The van der Waals surface area contributed by atoms with Gasteiger partial charge in [-0.25, -0.2) is 0 Å². The van der Waals surface area contributed by atoms with Crippen LogP contribution in [0.15, 0.2) is 57.7 Å². The van der Waals surface area contributed by atoms with Crippen molar-refractivity contribution >= 4 is 34.2 Å². The molecule has 110 valence electrons. The van der Waals surface area contributed by atoms with Crippen LogP contribution in [0.3, 0.4) is 0 Å². The smallest absolute Gasteiger partial charge is 0.291 e. The second-order valence-corrected chi connectivity index (χ2v) is 5.37. The zero-order chi connectivity index (χ0) is 15.7. The van der Waals surface area contributed by atoms with Gasteiger partial charge >= 0.3 is 0 Å². The number of carbonyl (C=O) groups is 1. The van der Waals surface area contributed by atoms with Gasteiger partial charge in [0, 0.05) is 16.8 Å². The number of hydrogen-bond donors (Lipinski definition) is 1. The third-order valence-electron chi connectivity index (χ3n) is 3.21. The molecule has 1 amide bonds. The highest BCUT2D eigenvalue weighted by Gasteiger charge is 2.12. The molecule has 1 N–H and O–H groups in total. The largest absolute Gasteiger partial charge is 0.451 e. The third kappa shape index (κ3) is 2.87. The topological polar surface area (TPSA) is 59.3 Å². The molecule has 0 atom stereocenters. The Balaban J connectivity index is 1.97. The molecule has 4 nitrogen and oxygen atoms in total. The summed E-state index contributed by atoms with van der Waals surface area (Å²) < 4.78 is 5.54. The normalized spacial score (nSPS) is 10.6. The monoisotopic (exact) mass is 313 g/mol. The lowest BCUT2D eigenvalue weighted by atomic mass is 10.1. The molecule has 0 aliphatic heterocycles. The lowest BCUT2D eigenvalue weighted by Gasteiger charge is -2.06. The van der Waals surface area contributed by atoms with E-state index >= 15 is 0 Å². The number of anilines is 1. The maximum atomic E-state index is 12.2. The van der Waals surface area contributed by atoms with Crippen molar-refractivity contribution in [1.29, 1.82) is 0 Å². The van der Waals surface area contributed by atoms with E-state index in [1.807, 2.05) is 13.0 Å². The van der Waals surface area contributed by atoms with Crippen molar-refractivity contribution < 1.29 is 9.21 Å². The zero-order valence-corrected chi connectivity index (χ0v) is 12.5. The van der Waals surface area contributed by atoms with Crippen LogP contribution in [0.1, 0.15) is 16.1 Å². The van der Waals surface area contributed by atoms with Crippen molar-refractivity contribution in [2.75, 3.05) is 5.32 Å². The molecular weight excluding hydrogens is 302 g/mol. The number of nitrogens with one attached hydrogen (secondary N) is 1. The predicted molar refractivity (Wildman–Crippen MR) is 86.6 cm³/mol. The minimum Gasteiger partial charge on any atom is -0.451 e. The van der Waals surface area contributed by atoms with Crippen molar-refractivity contribution in [1.82, 2.24) is 0 Å². The number of benzene rings is 2. The SMILES string of the molecule is Cc1ccc2c(=O)cc(C(=O)Nc3ccc(Cl)cc3)oc2c1. The van der Waals surface area contributed by atoms with Gasteiger partial charge in [-0.1, -0.05) is 17.7 Å². The summed E-state index contributed by atoms with van der Waals surface area (Å²) in [7, 11) is 0. The van der Waals surface area contributed by atoms with E-state index in [1.165, 1.54) is 6.07 Å². The molecule has 0 saturated carbocycles. The van der Waals surface area contributed by atoms with E-state index in [1.54, 1.807) is 36.4 Å². The Morgan fingerprint density at radius 3 is 2.55 bits per heavy atom. The van der Waals surface area contributed by atoms with Crippen LogP contribution in [0.4, 0.5) is 5.69 Å². The zero-order valence-electron chi connectivity index (χ0n) is 11.7. The Bertz CT molecular complexity index is 913. The van der Waals surface area contributed by atoms with Gasteiger partial charge in [0.05, 0.1) is 5.39 Å². The van der Waals surface area contributed by atoms with Crippen LogP contribution in [0.25, 0.3) is 11.0 Å². The highest BCUT2D eigenvalue weighted by molar-refractivity contribution is 6.30. The summed E-state index contributed by atoms with van der Waals surface area (Å²) in [6.07, 6.45) is 0. The maximum absolute atomic E-state index is 12.2. The average molecular weight is 314 g/mol. The van der Waals surface area contributed by atoms with Crippen molar-refractivity contribution in [3.05, 3.63) is 75.1 Å². The fourth-order valence-electron chi connectivity index (χ4n) is 2.10. The summed E-state index contributed by atoms with van der Waals surface area (Å²) in [6, 6.07) is 13.1. The Morgan fingerprint density at radius 1 is 1.09 bits per heavy atom. The number of fused-ring (bicyclic) bond motifs is 1.